The fourth-order valence-electron chi connectivity index (χ4n) is 4.81. The summed E-state index contributed by atoms with van der Waals surface area (Å²) in [6.45, 7) is 9.31. The first-order valence-electron chi connectivity index (χ1n) is 12.6. The van der Waals surface area contributed by atoms with Gasteiger partial charge in [-0.05, 0) is 56.1 Å². The Hall–Kier alpha value is -1.50. The van der Waals surface area contributed by atoms with Gasteiger partial charge in [0.1, 0.15) is 11.2 Å². The summed E-state index contributed by atoms with van der Waals surface area (Å²) in [5, 5.41) is 8.03. The van der Waals surface area contributed by atoms with Crippen LogP contribution in [0.3, 0.4) is 0 Å². The quantitative estimate of drug-likeness (QED) is 0.525. The highest BCUT2D eigenvalue weighted by Crippen LogP contribution is 2.30. The standard InChI is InChI=1S/C25H42N4O2S/c1-5-15-32-16-11-14-28-23(30)22-17-21(19(2)3)27-29(22)18-25(28,4)24(31)26-20-12-9-7-6-8-10-13-20/h17,19-20H,5-16,18H2,1-4H3,(H,26,31). The molecular formula is C25H42N4O2S. The predicted molar refractivity (Wildman–Crippen MR) is 132 cm³/mol. The molecule has 1 saturated carbocycles. The molecule has 2 heterocycles. The van der Waals surface area contributed by atoms with Crippen LogP contribution >= 0.6 is 11.8 Å². The number of carbonyl (C=O) groups is 2. The van der Waals surface area contributed by atoms with Crippen molar-refractivity contribution in [3.05, 3.63) is 17.5 Å². The van der Waals surface area contributed by atoms with Crippen molar-refractivity contribution in [1.82, 2.24) is 20.0 Å². The van der Waals surface area contributed by atoms with Gasteiger partial charge in [-0.3, -0.25) is 14.3 Å². The molecule has 7 heteroatoms. The molecule has 0 spiro atoms. The van der Waals surface area contributed by atoms with E-state index in [4.69, 9.17) is 5.10 Å². The van der Waals surface area contributed by atoms with Crippen LogP contribution in [0, 0.1) is 0 Å². The van der Waals surface area contributed by atoms with Gasteiger partial charge in [0, 0.05) is 12.6 Å². The van der Waals surface area contributed by atoms with Crippen molar-refractivity contribution in [2.75, 3.05) is 18.1 Å². The number of hydrogen-bond acceptors (Lipinski definition) is 4. The maximum absolute atomic E-state index is 13.7. The molecule has 1 aromatic rings. The van der Waals surface area contributed by atoms with Crippen molar-refractivity contribution in [3.8, 4) is 0 Å². The molecule has 32 heavy (non-hydrogen) atoms. The molecule has 3 rings (SSSR count). The Morgan fingerprint density at radius 2 is 1.91 bits per heavy atom. The van der Waals surface area contributed by atoms with E-state index in [9.17, 15) is 9.59 Å². The minimum Gasteiger partial charge on any atom is -0.351 e. The highest BCUT2D eigenvalue weighted by atomic mass is 32.2. The Labute approximate surface area is 198 Å². The molecule has 1 aliphatic carbocycles. The Bertz CT molecular complexity index is 770. The van der Waals surface area contributed by atoms with Crippen LogP contribution in [0.1, 0.15) is 108 Å². The molecule has 0 radical (unpaired) electrons. The zero-order valence-electron chi connectivity index (χ0n) is 20.5. The second-order valence-electron chi connectivity index (χ2n) is 9.98. The number of thioether (sulfide) groups is 1. The highest BCUT2D eigenvalue weighted by molar-refractivity contribution is 7.99. The number of amides is 2. The lowest BCUT2D eigenvalue weighted by molar-refractivity contribution is -0.134. The van der Waals surface area contributed by atoms with E-state index >= 15 is 0 Å². The van der Waals surface area contributed by atoms with Gasteiger partial charge < -0.3 is 10.2 Å². The second kappa shape index (κ2) is 11.6. The van der Waals surface area contributed by atoms with Crippen LogP contribution in [0.4, 0.5) is 0 Å². The van der Waals surface area contributed by atoms with Gasteiger partial charge in [0.15, 0.2) is 0 Å². The van der Waals surface area contributed by atoms with Crippen LogP contribution in [0.5, 0.6) is 0 Å². The number of aromatic nitrogens is 2. The summed E-state index contributed by atoms with van der Waals surface area (Å²) < 4.78 is 1.78. The van der Waals surface area contributed by atoms with E-state index in [0.717, 1.165) is 42.9 Å². The van der Waals surface area contributed by atoms with E-state index < -0.39 is 5.54 Å². The molecule has 1 aliphatic heterocycles. The van der Waals surface area contributed by atoms with Gasteiger partial charge >= 0.3 is 0 Å². The van der Waals surface area contributed by atoms with Gasteiger partial charge in [-0.2, -0.15) is 16.9 Å². The van der Waals surface area contributed by atoms with Crippen LogP contribution in [0.25, 0.3) is 0 Å². The number of carbonyl (C=O) groups excluding carboxylic acids is 2. The summed E-state index contributed by atoms with van der Waals surface area (Å²) >= 11 is 1.92. The summed E-state index contributed by atoms with van der Waals surface area (Å²) in [7, 11) is 0. The summed E-state index contributed by atoms with van der Waals surface area (Å²) in [6, 6.07) is 2.12. The van der Waals surface area contributed by atoms with Crippen LogP contribution in [0.15, 0.2) is 6.07 Å². The maximum atomic E-state index is 13.7. The van der Waals surface area contributed by atoms with Gasteiger partial charge in [-0.15, -0.1) is 0 Å². The van der Waals surface area contributed by atoms with E-state index in [1.165, 1.54) is 32.1 Å². The topological polar surface area (TPSA) is 67.2 Å². The lowest BCUT2D eigenvalue weighted by atomic mass is 9.92. The Kier molecular flexibility index (Phi) is 9.09. The van der Waals surface area contributed by atoms with Crippen molar-refractivity contribution in [3.63, 3.8) is 0 Å². The van der Waals surface area contributed by atoms with Crippen molar-refractivity contribution < 1.29 is 9.59 Å². The molecular weight excluding hydrogens is 420 g/mol. The van der Waals surface area contributed by atoms with E-state index in [0.29, 0.717) is 18.8 Å². The van der Waals surface area contributed by atoms with Crippen molar-refractivity contribution >= 4 is 23.6 Å². The largest absolute Gasteiger partial charge is 0.351 e. The van der Waals surface area contributed by atoms with Gasteiger partial charge in [0.25, 0.3) is 5.91 Å². The highest BCUT2D eigenvalue weighted by Gasteiger charge is 2.48. The molecule has 2 aliphatic rings. The Morgan fingerprint density at radius 1 is 1.22 bits per heavy atom. The predicted octanol–water partition coefficient (Wildman–Crippen LogP) is 4.98. The van der Waals surface area contributed by atoms with Gasteiger partial charge in [-0.1, -0.05) is 52.9 Å². The SMILES string of the molecule is CCCSCCCN1C(=O)c2cc(C(C)C)nn2CC1(C)C(=O)NC1CCCCCCC1. The summed E-state index contributed by atoms with van der Waals surface area (Å²) in [4.78, 5) is 29.1. The number of nitrogens with zero attached hydrogens (tertiary/aromatic N) is 3. The Morgan fingerprint density at radius 3 is 2.56 bits per heavy atom. The number of hydrogen-bond donors (Lipinski definition) is 1. The summed E-state index contributed by atoms with van der Waals surface area (Å²) in [5.41, 5.74) is 0.616. The molecule has 0 bridgehead atoms. The third-order valence-corrected chi connectivity index (χ3v) is 8.13. The van der Waals surface area contributed by atoms with Crippen LogP contribution in [-0.4, -0.2) is 56.1 Å². The zero-order valence-corrected chi connectivity index (χ0v) is 21.3. The van der Waals surface area contributed by atoms with Gasteiger partial charge in [0.2, 0.25) is 5.91 Å². The summed E-state index contributed by atoms with van der Waals surface area (Å²) in [6.07, 6.45) is 10.3. The average molecular weight is 463 g/mol. The van der Waals surface area contributed by atoms with Crippen molar-refractivity contribution in [2.24, 2.45) is 0 Å². The number of fused-ring (bicyclic) bond motifs is 1. The molecule has 2 amide bonds. The van der Waals surface area contributed by atoms with E-state index in [1.54, 1.807) is 4.68 Å². The molecule has 1 N–H and O–H groups in total. The number of rotatable bonds is 9. The normalized spacial score (nSPS) is 22.5. The third kappa shape index (κ3) is 5.89. The molecule has 1 unspecified atom stereocenters. The Balaban J connectivity index is 1.80. The smallest absolute Gasteiger partial charge is 0.273 e. The lowest BCUT2D eigenvalue weighted by Crippen LogP contribution is -2.65. The zero-order chi connectivity index (χ0) is 23.1. The first-order valence-corrected chi connectivity index (χ1v) is 13.8. The fourth-order valence-corrected chi connectivity index (χ4v) is 5.63. The molecule has 0 saturated heterocycles. The summed E-state index contributed by atoms with van der Waals surface area (Å²) in [5.74, 6) is 2.30. The monoisotopic (exact) mass is 462 g/mol. The molecule has 0 aromatic carbocycles. The molecule has 1 atom stereocenters. The lowest BCUT2D eigenvalue weighted by Gasteiger charge is -2.44. The fraction of sp³-hybridized carbons (Fsp3) is 0.800. The van der Waals surface area contributed by atoms with Crippen molar-refractivity contribution in [2.45, 2.75) is 110 Å². The van der Waals surface area contributed by atoms with E-state index in [-0.39, 0.29) is 23.8 Å². The molecule has 1 aromatic heterocycles. The second-order valence-corrected chi connectivity index (χ2v) is 11.2. The van der Waals surface area contributed by atoms with Gasteiger partial charge in [0.05, 0.1) is 12.2 Å². The minimum absolute atomic E-state index is 0.0233. The minimum atomic E-state index is -0.915. The first-order chi connectivity index (χ1) is 15.4. The first kappa shape index (κ1) is 25.1. The van der Waals surface area contributed by atoms with Crippen LogP contribution in [-0.2, 0) is 11.3 Å². The van der Waals surface area contributed by atoms with Crippen molar-refractivity contribution in [1.29, 1.82) is 0 Å². The molecule has 180 valence electrons. The third-order valence-electron chi connectivity index (χ3n) is 6.86. The van der Waals surface area contributed by atoms with Crippen LogP contribution < -0.4 is 5.32 Å². The number of nitrogens with one attached hydrogen (secondary N) is 1. The van der Waals surface area contributed by atoms with E-state index in [1.807, 2.05) is 29.7 Å². The molecule has 6 nitrogen and oxygen atoms in total. The van der Waals surface area contributed by atoms with Crippen LogP contribution in [0.2, 0.25) is 0 Å². The van der Waals surface area contributed by atoms with E-state index in [2.05, 4.69) is 26.1 Å². The average Bonchev–Trinajstić information content (AvgIpc) is 3.16. The maximum Gasteiger partial charge on any atom is 0.273 e. The van der Waals surface area contributed by atoms with Gasteiger partial charge in [-0.25, -0.2) is 0 Å². The molecule has 1 fully saturated rings.